The summed E-state index contributed by atoms with van der Waals surface area (Å²) in [6, 6.07) is 9.16. The number of amides is 1. The number of aromatic nitrogens is 2. The highest BCUT2D eigenvalue weighted by Crippen LogP contribution is 2.12. The monoisotopic (exact) mass is 334 g/mol. The number of nitrogens with one attached hydrogen (secondary N) is 2. The van der Waals surface area contributed by atoms with Crippen molar-refractivity contribution in [1.82, 2.24) is 15.3 Å². The maximum Gasteiger partial charge on any atom is 0.270 e. The summed E-state index contributed by atoms with van der Waals surface area (Å²) in [4.78, 5) is 20.5. The second-order valence-electron chi connectivity index (χ2n) is 4.91. The zero-order valence-electron chi connectivity index (χ0n) is 13.1. The lowest BCUT2D eigenvalue weighted by atomic mass is 10.2. The predicted octanol–water partition coefficient (Wildman–Crippen LogP) is 2.43. The number of carbonyl (C=O) groups is 1. The standard InChI is InChI=1S/C16H19ClN4O2/c1-11-20-14(16(22)18-7-8-23-2)9-15(21-11)19-10-12-3-5-13(17)6-4-12/h3-6,9H,7-8,10H2,1-2H3,(H,18,22)(H,19,20,21). The van der Waals surface area contributed by atoms with E-state index in [0.717, 1.165) is 5.56 Å². The summed E-state index contributed by atoms with van der Waals surface area (Å²) >= 11 is 5.86. The highest BCUT2D eigenvalue weighted by atomic mass is 35.5. The van der Waals surface area contributed by atoms with Crippen LogP contribution in [0.5, 0.6) is 0 Å². The van der Waals surface area contributed by atoms with Crippen LogP contribution in [0.15, 0.2) is 30.3 Å². The van der Waals surface area contributed by atoms with Crippen molar-refractivity contribution in [1.29, 1.82) is 0 Å². The first-order chi connectivity index (χ1) is 11.1. The number of carbonyl (C=O) groups excluding carboxylic acids is 1. The molecule has 2 aromatic rings. The largest absolute Gasteiger partial charge is 0.383 e. The van der Waals surface area contributed by atoms with Gasteiger partial charge in [-0.1, -0.05) is 23.7 Å². The van der Waals surface area contributed by atoms with E-state index in [1.165, 1.54) is 0 Å². The quantitative estimate of drug-likeness (QED) is 0.760. The minimum atomic E-state index is -0.248. The number of methoxy groups -OCH3 is 1. The molecule has 2 N–H and O–H groups in total. The van der Waals surface area contributed by atoms with Crippen LogP contribution >= 0.6 is 11.6 Å². The van der Waals surface area contributed by atoms with Gasteiger partial charge < -0.3 is 15.4 Å². The van der Waals surface area contributed by atoms with Gasteiger partial charge in [0.2, 0.25) is 0 Å². The van der Waals surface area contributed by atoms with Crippen molar-refractivity contribution in [2.45, 2.75) is 13.5 Å². The van der Waals surface area contributed by atoms with E-state index in [1.807, 2.05) is 24.3 Å². The van der Waals surface area contributed by atoms with Crippen LogP contribution in [0.3, 0.4) is 0 Å². The summed E-state index contributed by atoms with van der Waals surface area (Å²) in [6.07, 6.45) is 0. The molecule has 1 aromatic carbocycles. The normalized spacial score (nSPS) is 10.4. The molecule has 1 heterocycles. The van der Waals surface area contributed by atoms with Crippen LogP contribution in [0.4, 0.5) is 5.82 Å². The second-order valence-corrected chi connectivity index (χ2v) is 5.35. The fourth-order valence-electron chi connectivity index (χ4n) is 1.93. The lowest BCUT2D eigenvalue weighted by Gasteiger charge is -2.09. The number of ether oxygens (including phenoxy) is 1. The average molecular weight is 335 g/mol. The lowest BCUT2D eigenvalue weighted by Crippen LogP contribution is -2.28. The van der Waals surface area contributed by atoms with E-state index in [-0.39, 0.29) is 5.91 Å². The van der Waals surface area contributed by atoms with Gasteiger partial charge in [-0.25, -0.2) is 9.97 Å². The van der Waals surface area contributed by atoms with Crippen LogP contribution in [0.25, 0.3) is 0 Å². The molecule has 0 spiro atoms. The zero-order chi connectivity index (χ0) is 16.7. The zero-order valence-corrected chi connectivity index (χ0v) is 13.9. The minimum Gasteiger partial charge on any atom is -0.383 e. The number of hydrogen-bond donors (Lipinski definition) is 2. The van der Waals surface area contributed by atoms with Crippen molar-refractivity contribution in [2.75, 3.05) is 25.6 Å². The molecule has 0 aliphatic heterocycles. The van der Waals surface area contributed by atoms with Gasteiger partial charge in [-0.2, -0.15) is 0 Å². The van der Waals surface area contributed by atoms with Crippen molar-refractivity contribution in [3.05, 3.63) is 52.4 Å². The Labute approximate surface area is 140 Å². The third-order valence-electron chi connectivity index (χ3n) is 3.05. The van der Waals surface area contributed by atoms with Crippen LogP contribution in [-0.2, 0) is 11.3 Å². The van der Waals surface area contributed by atoms with E-state index in [4.69, 9.17) is 16.3 Å². The second kappa shape index (κ2) is 8.45. The number of halogens is 1. The van der Waals surface area contributed by atoms with Gasteiger partial charge >= 0.3 is 0 Å². The number of aryl methyl sites for hydroxylation is 1. The topological polar surface area (TPSA) is 76.1 Å². The Balaban J connectivity index is 2.01. The Hall–Kier alpha value is -2.18. The van der Waals surface area contributed by atoms with Crippen molar-refractivity contribution in [2.24, 2.45) is 0 Å². The number of nitrogens with zero attached hydrogens (tertiary/aromatic N) is 2. The summed E-state index contributed by atoms with van der Waals surface area (Å²) in [6.45, 7) is 3.22. The Morgan fingerprint density at radius 1 is 1.26 bits per heavy atom. The van der Waals surface area contributed by atoms with Gasteiger partial charge in [0.15, 0.2) is 0 Å². The van der Waals surface area contributed by atoms with E-state index in [9.17, 15) is 4.79 Å². The molecule has 0 radical (unpaired) electrons. The van der Waals surface area contributed by atoms with Crippen LogP contribution in [0.2, 0.25) is 5.02 Å². The van der Waals surface area contributed by atoms with E-state index in [0.29, 0.717) is 42.1 Å². The van der Waals surface area contributed by atoms with E-state index >= 15 is 0 Å². The molecule has 0 saturated heterocycles. The molecule has 1 aromatic heterocycles. The highest BCUT2D eigenvalue weighted by molar-refractivity contribution is 6.30. The van der Waals surface area contributed by atoms with Gasteiger partial charge in [0.25, 0.3) is 5.91 Å². The molecule has 0 unspecified atom stereocenters. The van der Waals surface area contributed by atoms with Gasteiger partial charge in [-0.05, 0) is 24.6 Å². The Kier molecular flexibility index (Phi) is 6.31. The first-order valence-electron chi connectivity index (χ1n) is 7.19. The Morgan fingerprint density at radius 2 is 2.00 bits per heavy atom. The first kappa shape index (κ1) is 17.2. The van der Waals surface area contributed by atoms with Crippen molar-refractivity contribution in [3.63, 3.8) is 0 Å². The molecule has 1 amide bonds. The molecule has 0 aliphatic rings. The van der Waals surface area contributed by atoms with Gasteiger partial charge in [0, 0.05) is 31.3 Å². The van der Waals surface area contributed by atoms with Gasteiger partial charge in [-0.15, -0.1) is 0 Å². The van der Waals surface area contributed by atoms with Crippen LogP contribution in [-0.4, -0.2) is 36.1 Å². The molecule has 23 heavy (non-hydrogen) atoms. The van der Waals surface area contributed by atoms with Crippen LogP contribution < -0.4 is 10.6 Å². The van der Waals surface area contributed by atoms with Crippen LogP contribution in [0, 0.1) is 6.92 Å². The van der Waals surface area contributed by atoms with E-state index in [2.05, 4.69) is 20.6 Å². The van der Waals surface area contributed by atoms with Crippen LogP contribution in [0.1, 0.15) is 21.9 Å². The SMILES string of the molecule is COCCNC(=O)c1cc(NCc2ccc(Cl)cc2)nc(C)n1. The summed E-state index contributed by atoms with van der Waals surface area (Å²) in [7, 11) is 1.58. The summed E-state index contributed by atoms with van der Waals surface area (Å²) in [5.74, 6) is 0.884. The first-order valence-corrected chi connectivity index (χ1v) is 7.57. The fourth-order valence-corrected chi connectivity index (χ4v) is 2.05. The molecule has 0 saturated carbocycles. The van der Waals surface area contributed by atoms with Crippen molar-refractivity contribution in [3.8, 4) is 0 Å². The molecule has 0 bridgehead atoms. The summed E-state index contributed by atoms with van der Waals surface area (Å²) in [5.41, 5.74) is 1.39. The molecule has 0 atom stereocenters. The van der Waals surface area contributed by atoms with Crippen molar-refractivity contribution < 1.29 is 9.53 Å². The molecule has 0 fully saturated rings. The lowest BCUT2D eigenvalue weighted by molar-refractivity contribution is 0.0932. The molecule has 122 valence electrons. The Morgan fingerprint density at radius 3 is 2.70 bits per heavy atom. The molecular weight excluding hydrogens is 316 g/mol. The third-order valence-corrected chi connectivity index (χ3v) is 3.30. The van der Waals surface area contributed by atoms with E-state index < -0.39 is 0 Å². The maximum absolute atomic E-state index is 12.0. The van der Waals surface area contributed by atoms with E-state index in [1.54, 1.807) is 20.1 Å². The maximum atomic E-state index is 12.0. The predicted molar refractivity (Wildman–Crippen MR) is 89.8 cm³/mol. The smallest absolute Gasteiger partial charge is 0.270 e. The summed E-state index contributed by atoms with van der Waals surface area (Å²) in [5, 5.41) is 6.62. The third kappa shape index (κ3) is 5.50. The van der Waals surface area contributed by atoms with Gasteiger partial charge in [-0.3, -0.25) is 4.79 Å². The number of rotatable bonds is 7. The van der Waals surface area contributed by atoms with Crippen molar-refractivity contribution >= 4 is 23.3 Å². The molecule has 6 nitrogen and oxygen atoms in total. The van der Waals surface area contributed by atoms with Gasteiger partial charge in [0.05, 0.1) is 6.61 Å². The number of hydrogen-bond acceptors (Lipinski definition) is 5. The average Bonchev–Trinajstić information content (AvgIpc) is 2.54. The summed E-state index contributed by atoms with van der Waals surface area (Å²) < 4.78 is 4.90. The molecule has 7 heteroatoms. The fraction of sp³-hybridized carbons (Fsp3) is 0.312. The molecule has 2 rings (SSSR count). The Bertz CT molecular complexity index is 662. The minimum absolute atomic E-state index is 0.248. The highest BCUT2D eigenvalue weighted by Gasteiger charge is 2.10. The number of benzene rings is 1. The molecule has 0 aliphatic carbocycles. The van der Waals surface area contributed by atoms with Gasteiger partial charge in [0.1, 0.15) is 17.3 Å². The number of anilines is 1. The molecular formula is C16H19ClN4O2.